The number of ether oxygens (including phenoxy) is 1. The van der Waals surface area contributed by atoms with Crippen molar-refractivity contribution >= 4 is 0 Å². The third-order valence-corrected chi connectivity index (χ3v) is 5.14. The average molecular weight is 395 g/mol. The summed E-state index contributed by atoms with van der Waals surface area (Å²) in [5, 5.41) is 0. The van der Waals surface area contributed by atoms with Crippen molar-refractivity contribution in [2.24, 2.45) is 0 Å². The van der Waals surface area contributed by atoms with E-state index in [4.69, 9.17) is 4.74 Å². The monoisotopic (exact) mass is 394 g/mol. The number of rotatable bonds is 10. The van der Waals surface area contributed by atoms with Gasteiger partial charge in [0.1, 0.15) is 5.75 Å². The van der Waals surface area contributed by atoms with Crippen LogP contribution in [0.1, 0.15) is 42.9 Å². The molecule has 0 N–H and O–H groups in total. The number of benzene rings is 3. The van der Waals surface area contributed by atoms with Gasteiger partial charge in [-0.25, -0.2) is 0 Å². The predicted octanol–water partition coefficient (Wildman–Crippen LogP) is 7.47. The number of alkyl halides is 2. The second-order valence-electron chi connectivity index (χ2n) is 7.35. The van der Waals surface area contributed by atoms with Crippen molar-refractivity contribution in [1.29, 1.82) is 0 Å². The van der Waals surface area contributed by atoms with Gasteiger partial charge in [0.15, 0.2) is 0 Å². The molecule has 3 aromatic carbocycles. The van der Waals surface area contributed by atoms with Crippen LogP contribution in [0.5, 0.6) is 5.75 Å². The van der Waals surface area contributed by atoms with Gasteiger partial charge in [0.05, 0.1) is 0 Å². The summed E-state index contributed by atoms with van der Waals surface area (Å²) in [7, 11) is 0. The molecule has 0 radical (unpaired) electrons. The first-order valence-corrected chi connectivity index (χ1v) is 10.4. The van der Waals surface area contributed by atoms with E-state index in [1.807, 2.05) is 42.5 Å². The summed E-state index contributed by atoms with van der Waals surface area (Å²) in [6, 6.07) is 23.9. The van der Waals surface area contributed by atoms with Gasteiger partial charge in [0.25, 0.3) is 0 Å². The Morgan fingerprint density at radius 2 is 1.34 bits per heavy atom. The molecular formula is C26H28F2O. The number of hydrogen-bond acceptors (Lipinski definition) is 1. The largest absolute Gasteiger partial charge is 0.434 e. The smallest absolute Gasteiger partial charge is 0.387 e. The first kappa shape index (κ1) is 21.0. The topological polar surface area (TPSA) is 9.23 Å². The normalized spacial score (nSPS) is 11.0. The molecule has 0 spiro atoms. The second-order valence-corrected chi connectivity index (χ2v) is 7.35. The summed E-state index contributed by atoms with van der Waals surface area (Å²) in [4.78, 5) is 0. The second kappa shape index (κ2) is 10.8. The summed E-state index contributed by atoms with van der Waals surface area (Å²) in [6.45, 7) is -0.624. The molecule has 0 heterocycles. The van der Waals surface area contributed by atoms with E-state index in [0.29, 0.717) is 5.56 Å². The molecule has 152 valence electrons. The van der Waals surface area contributed by atoms with Gasteiger partial charge < -0.3 is 4.74 Å². The Balaban J connectivity index is 1.68. The molecular weight excluding hydrogens is 366 g/mol. The lowest BCUT2D eigenvalue weighted by atomic mass is 9.98. The molecule has 0 saturated carbocycles. The van der Waals surface area contributed by atoms with Gasteiger partial charge in [-0.15, -0.1) is 0 Å². The van der Waals surface area contributed by atoms with Gasteiger partial charge >= 0.3 is 6.61 Å². The van der Waals surface area contributed by atoms with Crippen LogP contribution in [0.4, 0.5) is 8.78 Å². The lowest BCUT2D eigenvalue weighted by Crippen LogP contribution is -2.04. The Hall–Kier alpha value is -2.68. The Labute approximate surface area is 172 Å². The maximum absolute atomic E-state index is 12.9. The molecule has 0 aliphatic heterocycles. The fraction of sp³-hybridized carbons (Fsp3) is 0.308. The molecule has 0 unspecified atom stereocenters. The van der Waals surface area contributed by atoms with E-state index in [1.165, 1.54) is 30.4 Å². The first-order valence-electron chi connectivity index (χ1n) is 10.4. The molecule has 0 saturated heterocycles. The van der Waals surface area contributed by atoms with Crippen LogP contribution in [0.25, 0.3) is 11.1 Å². The Morgan fingerprint density at radius 1 is 0.724 bits per heavy atom. The highest BCUT2D eigenvalue weighted by Gasteiger charge is 2.12. The molecule has 3 heteroatoms. The lowest BCUT2D eigenvalue weighted by molar-refractivity contribution is -0.0494. The standard InChI is InChI=1S/C26H28F2O/c1-2-3-5-8-20-11-13-21(14-12-20)15-16-22-17-18-24(23-9-6-4-7-10-23)25(19-22)29-26(27)28/h4,6-7,9-14,17-19,26H,2-3,5,8,15-16H2,1H3. The zero-order chi connectivity index (χ0) is 20.5. The van der Waals surface area contributed by atoms with Gasteiger partial charge in [-0.2, -0.15) is 8.78 Å². The Morgan fingerprint density at radius 3 is 2.00 bits per heavy atom. The van der Waals surface area contributed by atoms with Crippen molar-refractivity contribution in [3.8, 4) is 16.9 Å². The van der Waals surface area contributed by atoms with Crippen LogP contribution in [0, 0.1) is 0 Å². The van der Waals surface area contributed by atoms with Gasteiger partial charge in [-0.3, -0.25) is 0 Å². The van der Waals surface area contributed by atoms with Crippen molar-refractivity contribution in [3.63, 3.8) is 0 Å². The van der Waals surface area contributed by atoms with Crippen molar-refractivity contribution in [2.45, 2.75) is 52.1 Å². The molecule has 1 nitrogen and oxygen atoms in total. The van der Waals surface area contributed by atoms with Crippen molar-refractivity contribution in [3.05, 3.63) is 89.5 Å². The molecule has 3 aromatic rings. The summed E-state index contributed by atoms with van der Waals surface area (Å²) < 4.78 is 30.7. The molecule has 0 aliphatic carbocycles. The van der Waals surface area contributed by atoms with Crippen LogP contribution in [0.2, 0.25) is 0 Å². The first-order chi connectivity index (χ1) is 14.2. The Bertz CT molecular complexity index is 873. The van der Waals surface area contributed by atoms with E-state index in [9.17, 15) is 8.78 Å². The fourth-order valence-electron chi connectivity index (χ4n) is 3.51. The molecule has 0 fully saturated rings. The van der Waals surface area contributed by atoms with Crippen LogP contribution in [-0.2, 0) is 19.3 Å². The lowest BCUT2D eigenvalue weighted by Gasteiger charge is -2.13. The molecule has 0 aliphatic rings. The van der Waals surface area contributed by atoms with Crippen LogP contribution in [-0.4, -0.2) is 6.61 Å². The van der Waals surface area contributed by atoms with Gasteiger partial charge in [-0.1, -0.05) is 86.5 Å². The predicted molar refractivity (Wildman–Crippen MR) is 116 cm³/mol. The highest BCUT2D eigenvalue weighted by Crippen LogP contribution is 2.32. The molecule has 0 aromatic heterocycles. The van der Waals surface area contributed by atoms with E-state index in [0.717, 1.165) is 30.4 Å². The number of aryl methyl sites for hydroxylation is 3. The summed E-state index contributed by atoms with van der Waals surface area (Å²) in [6.07, 6.45) is 6.51. The number of hydrogen-bond donors (Lipinski definition) is 0. The van der Waals surface area contributed by atoms with E-state index in [-0.39, 0.29) is 5.75 Å². The highest BCUT2D eigenvalue weighted by atomic mass is 19.3. The average Bonchev–Trinajstić information content (AvgIpc) is 2.74. The van der Waals surface area contributed by atoms with Crippen LogP contribution in [0.3, 0.4) is 0 Å². The van der Waals surface area contributed by atoms with E-state index in [1.54, 1.807) is 6.07 Å². The minimum atomic E-state index is -2.84. The molecule has 3 rings (SSSR count). The van der Waals surface area contributed by atoms with Gasteiger partial charge in [-0.05, 0) is 54.0 Å². The highest BCUT2D eigenvalue weighted by molar-refractivity contribution is 5.70. The van der Waals surface area contributed by atoms with E-state index >= 15 is 0 Å². The maximum atomic E-state index is 12.9. The van der Waals surface area contributed by atoms with Crippen LogP contribution >= 0.6 is 0 Å². The van der Waals surface area contributed by atoms with Crippen molar-refractivity contribution < 1.29 is 13.5 Å². The number of halogens is 2. The molecule has 0 amide bonds. The summed E-state index contributed by atoms with van der Waals surface area (Å²) >= 11 is 0. The van der Waals surface area contributed by atoms with Crippen molar-refractivity contribution in [1.82, 2.24) is 0 Å². The third kappa shape index (κ3) is 6.42. The molecule has 29 heavy (non-hydrogen) atoms. The minimum Gasteiger partial charge on any atom is -0.434 e. The van der Waals surface area contributed by atoms with E-state index < -0.39 is 6.61 Å². The molecule has 0 bridgehead atoms. The van der Waals surface area contributed by atoms with Crippen LogP contribution < -0.4 is 4.74 Å². The zero-order valence-corrected chi connectivity index (χ0v) is 16.9. The zero-order valence-electron chi connectivity index (χ0n) is 16.9. The fourth-order valence-corrected chi connectivity index (χ4v) is 3.51. The SMILES string of the molecule is CCCCCc1ccc(CCc2ccc(-c3ccccc3)c(OC(F)F)c2)cc1. The van der Waals surface area contributed by atoms with E-state index in [2.05, 4.69) is 31.2 Å². The van der Waals surface area contributed by atoms with Gasteiger partial charge in [0, 0.05) is 5.56 Å². The van der Waals surface area contributed by atoms with Crippen molar-refractivity contribution in [2.75, 3.05) is 0 Å². The third-order valence-electron chi connectivity index (χ3n) is 5.14. The Kier molecular flexibility index (Phi) is 7.80. The summed E-state index contributed by atoms with van der Waals surface area (Å²) in [5.41, 5.74) is 5.18. The van der Waals surface area contributed by atoms with Gasteiger partial charge in [0.2, 0.25) is 0 Å². The molecule has 0 atom stereocenters. The van der Waals surface area contributed by atoms with Crippen LogP contribution in [0.15, 0.2) is 72.8 Å². The quantitative estimate of drug-likeness (QED) is 0.324. The number of unbranched alkanes of at least 4 members (excludes halogenated alkanes) is 2. The minimum absolute atomic E-state index is 0.231. The summed E-state index contributed by atoms with van der Waals surface area (Å²) in [5.74, 6) is 0.231. The maximum Gasteiger partial charge on any atom is 0.387 e.